The maximum Gasteiger partial charge on any atom is 0.232 e. The highest BCUT2D eigenvalue weighted by atomic mass is 35.5. The van der Waals surface area contributed by atoms with E-state index in [0.29, 0.717) is 29.2 Å². The molecule has 1 fully saturated rings. The average Bonchev–Trinajstić information content (AvgIpc) is 3.34. The SMILES string of the molecule is COc1ccc(-n2c(CO)nnc2N2CCC(c3ccc(F)cc3Cl)C2)cn1. The van der Waals surface area contributed by atoms with Crippen LogP contribution in [-0.2, 0) is 6.61 Å². The minimum atomic E-state index is -0.345. The van der Waals surface area contributed by atoms with E-state index in [-0.39, 0.29) is 18.3 Å². The lowest BCUT2D eigenvalue weighted by Crippen LogP contribution is -2.23. The number of hydrogen-bond donors (Lipinski definition) is 1. The number of aliphatic hydroxyl groups excluding tert-OH is 1. The first kappa shape index (κ1) is 18.6. The fourth-order valence-corrected chi connectivity index (χ4v) is 3.85. The molecule has 1 saturated heterocycles. The smallest absolute Gasteiger partial charge is 0.232 e. The Balaban J connectivity index is 1.64. The zero-order valence-corrected chi connectivity index (χ0v) is 16.0. The molecule has 28 heavy (non-hydrogen) atoms. The second kappa shape index (κ2) is 7.73. The lowest BCUT2D eigenvalue weighted by molar-refractivity contribution is 0.269. The zero-order valence-electron chi connectivity index (χ0n) is 15.2. The highest BCUT2D eigenvalue weighted by molar-refractivity contribution is 6.31. The van der Waals surface area contributed by atoms with E-state index < -0.39 is 0 Å². The summed E-state index contributed by atoms with van der Waals surface area (Å²) in [5.41, 5.74) is 1.65. The predicted octanol–water partition coefficient (Wildman–Crippen LogP) is 2.95. The largest absolute Gasteiger partial charge is 0.481 e. The van der Waals surface area contributed by atoms with Gasteiger partial charge in [-0.2, -0.15) is 0 Å². The second-order valence-electron chi connectivity index (χ2n) is 6.57. The maximum absolute atomic E-state index is 13.4. The average molecular weight is 404 g/mol. The summed E-state index contributed by atoms with van der Waals surface area (Å²) in [6.45, 7) is 1.16. The first-order valence-corrected chi connectivity index (χ1v) is 9.24. The Bertz CT molecular complexity index is 979. The Morgan fingerprint density at radius 2 is 2.14 bits per heavy atom. The molecule has 0 spiro atoms. The van der Waals surface area contributed by atoms with Crippen LogP contribution in [0.25, 0.3) is 5.69 Å². The van der Waals surface area contributed by atoms with Crippen molar-refractivity contribution in [2.45, 2.75) is 18.9 Å². The number of rotatable bonds is 5. The molecular formula is C19H19ClFN5O2. The normalized spacial score (nSPS) is 16.6. The monoisotopic (exact) mass is 403 g/mol. The zero-order chi connectivity index (χ0) is 19.7. The van der Waals surface area contributed by atoms with Gasteiger partial charge in [-0.15, -0.1) is 10.2 Å². The van der Waals surface area contributed by atoms with Gasteiger partial charge in [-0.1, -0.05) is 17.7 Å². The van der Waals surface area contributed by atoms with Crippen LogP contribution in [0, 0.1) is 5.82 Å². The minimum absolute atomic E-state index is 0.157. The van der Waals surface area contributed by atoms with Crippen molar-refractivity contribution in [3.05, 3.63) is 58.8 Å². The Kier molecular flexibility index (Phi) is 5.15. The van der Waals surface area contributed by atoms with E-state index in [1.54, 1.807) is 30.0 Å². The van der Waals surface area contributed by atoms with Crippen LogP contribution in [0.3, 0.4) is 0 Å². The van der Waals surface area contributed by atoms with Crippen LogP contribution in [0.5, 0.6) is 5.88 Å². The molecule has 1 aliphatic heterocycles. The summed E-state index contributed by atoms with van der Waals surface area (Å²) in [5, 5.41) is 18.5. The summed E-state index contributed by atoms with van der Waals surface area (Å²) in [4.78, 5) is 6.31. The summed E-state index contributed by atoms with van der Waals surface area (Å²) in [7, 11) is 1.55. The topological polar surface area (TPSA) is 76.3 Å². The van der Waals surface area contributed by atoms with Crippen LogP contribution in [0.4, 0.5) is 10.3 Å². The molecule has 3 heterocycles. The number of aliphatic hydroxyl groups is 1. The third-order valence-electron chi connectivity index (χ3n) is 4.92. The summed E-state index contributed by atoms with van der Waals surface area (Å²) in [5.74, 6) is 1.35. The van der Waals surface area contributed by atoms with Crippen molar-refractivity contribution in [1.82, 2.24) is 19.7 Å². The van der Waals surface area contributed by atoms with Gasteiger partial charge in [-0.3, -0.25) is 4.57 Å². The number of hydrogen-bond acceptors (Lipinski definition) is 6. The van der Waals surface area contributed by atoms with Crippen molar-refractivity contribution in [1.29, 1.82) is 0 Å². The number of ether oxygens (including phenoxy) is 1. The molecule has 7 nitrogen and oxygen atoms in total. The van der Waals surface area contributed by atoms with Crippen LogP contribution >= 0.6 is 11.6 Å². The van der Waals surface area contributed by atoms with Gasteiger partial charge in [0.05, 0.1) is 19.0 Å². The quantitative estimate of drug-likeness (QED) is 0.705. The molecule has 9 heteroatoms. The summed E-state index contributed by atoms with van der Waals surface area (Å²) < 4.78 is 20.2. The Morgan fingerprint density at radius 3 is 2.82 bits per heavy atom. The van der Waals surface area contributed by atoms with E-state index in [0.717, 1.165) is 24.2 Å². The Morgan fingerprint density at radius 1 is 1.29 bits per heavy atom. The van der Waals surface area contributed by atoms with Gasteiger partial charge >= 0.3 is 0 Å². The van der Waals surface area contributed by atoms with Crippen LogP contribution in [0.15, 0.2) is 36.5 Å². The first-order chi connectivity index (χ1) is 13.6. The number of halogens is 2. The van der Waals surface area contributed by atoms with E-state index >= 15 is 0 Å². The van der Waals surface area contributed by atoms with E-state index in [1.807, 2.05) is 6.07 Å². The van der Waals surface area contributed by atoms with Gasteiger partial charge in [-0.25, -0.2) is 9.37 Å². The van der Waals surface area contributed by atoms with Gasteiger partial charge in [0.15, 0.2) is 5.82 Å². The number of nitrogens with zero attached hydrogens (tertiary/aromatic N) is 5. The highest BCUT2D eigenvalue weighted by Crippen LogP contribution is 2.35. The fourth-order valence-electron chi connectivity index (χ4n) is 3.53. The van der Waals surface area contributed by atoms with Crippen LogP contribution < -0.4 is 9.64 Å². The third kappa shape index (κ3) is 3.41. The Hall–Kier alpha value is -2.71. The number of anilines is 1. The summed E-state index contributed by atoms with van der Waals surface area (Å²) in [6, 6.07) is 8.09. The van der Waals surface area contributed by atoms with Gasteiger partial charge in [0, 0.05) is 30.1 Å². The van der Waals surface area contributed by atoms with E-state index in [1.165, 1.54) is 12.1 Å². The predicted molar refractivity (Wildman–Crippen MR) is 103 cm³/mol. The summed E-state index contributed by atoms with van der Waals surface area (Å²) >= 11 is 6.24. The first-order valence-electron chi connectivity index (χ1n) is 8.86. The van der Waals surface area contributed by atoms with E-state index in [9.17, 15) is 9.50 Å². The Labute approximate surface area is 166 Å². The van der Waals surface area contributed by atoms with Crippen molar-refractivity contribution >= 4 is 17.5 Å². The third-order valence-corrected chi connectivity index (χ3v) is 5.24. The van der Waals surface area contributed by atoms with Crippen molar-refractivity contribution in [3.63, 3.8) is 0 Å². The van der Waals surface area contributed by atoms with Gasteiger partial charge in [0.2, 0.25) is 11.8 Å². The molecule has 1 N–H and O–H groups in total. The number of pyridine rings is 1. The molecule has 3 aromatic rings. The molecule has 146 valence electrons. The van der Waals surface area contributed by atoms with Crippen LogP contribution in [0.1, 0.15) is 23.7 Å². The minimum Gasteiger partial charge on any atom is -0.481 e. The molecule has 1 aliphatic rings. The van der Waals surface area contributed by atoms with Crippen molar-refractivity contribution in [3.8, 4) is 11.6 Å². The molecule has 0 saturated carbocycles. The molecule has 0 amide bonds. The summed E-state index contributed by atoms with van der Waals surface area (Å²) in [6.07, 6.45) is 2.50. The molecule has 1 atom stereocenters. The molecule has 2 aromatic heterocycles. The van der Waals surface area contributed by atoms with Crippen LogP contribution in [-0.4, -0.2) is 45.1 Å². The molecule has 0 bridgehead atoms. The molecule has 0 radical (unpaired) electrons. The molecule has 1 aromatic carbocycles. The van der Waals surface area contributed by atoms with Crippen LogP contribution in [0.2, 0.25) is 5.02 Å². The molecular weight excluding hydrogens is 385 g/mol. The highest BCUT2D eigenvalue weighted by Gasteiger charge is 2.29. The lowest BCUT2D eigenvalue weighted by atomic mass is 9.98. The molecule has 1 unspecified atom stereocenters. The van der Waals surface area contributed by atoms with Crippen molar-refractivity contribution in [2.75, 3.05) is 25.1 Å². The van der Waals surface area contributed by atoms with E-state index in [2.05, 4.69) is 20.1 Å². The van der Waals surface area contributed by atoms with Gasteiger partial charge in [-0.05, 0) is 30.2 Å². The van der Waals surface area contributed by atoms with E-state index in [4.69, 9.17) is 16.3 Å². The van der Waals surface area contributed by atoms with Crippen molar-refractivity contribution in [2.24, 2.45) is 0 Å². The van der Waals surface area contributed by atoms with Gasteiger partial charge in [0.1, 0.15) is 12.4 Å². The molecule has 4 rings (SSSR count). The molecule has 0 aliphatic carbocycles. The standard InChI is InChI=1S/C19H19ClFN5O2/c1-28-18-5-3-14(9-22-18)26-17(11-27)23-24-19(26)25-7-6-12(10-25)15-4-2-13(21)8-16(15)20/h2-5,8-9,12,27H,6-7,10-11H2,1H3. The number of benzene rings is 1. The van der Waals surface area contributed by atoms with Crippen molar-refractivity contribution < 1.29 is 14.2 Å². The number of methoxy groups -OCH3 is 1. The second-order valence-corrected chi connectivity index (χ2v) is 6.97. The lowest BCUT2D eigenvalue weighted by Gasteiger charge is -2.19. The maximum atomic E-state index is 13.4. The van der Waals surface area contributed by atoms with Gasteiger partial charge in [0.25, 0.3) is 0 Å². The van der Waals surface area contributed by atoms with Gasteiger partial charge < -0.3 is 14.7 Å². The fraction of sp³-hybridized carbons (Fsp3) is 0.316. The number of aromatic nitrogens is 4.